The van der Waals surface area contributed by atoms with Crippen molar-refractivity contribution in [1.82, 2.24) is 4.98 Å². The average molecular weight is 179 g/mol. The maximum absolute atomic E-state index is 9.03. The smallest absolute Gasteiger partial charge is 0.0512 e. The molecule has 0 fully saturated rings. The van der Waals surface area contributed by atoms with Crippen LogP contribution >= 0.6 is 0 Å². The van der Waals surface area contributed by atoms with Crippen LogP contribution in [0.2, 0.25) is 0 Å². The van der Waals surface area contributed by atoms with Crippen molar-refractivity contribution in [3.8, 4) is 0 Å². The van der Waals surface area contributed by atoms with E-state index in [1.54, 1.807) is 0 Å². The minimum Gasteiger partial charge on any atom is -0.393 e. The van der Waals surface area contributed by atoms with Crippen LogP contribution in [-0.2, 0) is 6.42 Å². The Kier molecular flexibility index (Phi) is 4.47. The molecule has 2 nitrogen and oxygen atoms in total. The molecule has 0 aromatic carbocycles. The zero-order chi connectivity index (χ0) is 9.52. The molecule has 1 rings (SSSR count). The summed E-state index contributed by atoms with van der Waals surface area (Å²) in [6.07, 6.45) is 5.77. The summed E-state index contributed by atoms with van der Waals surface area (Å²) in [6, 6.07) is 5.98. The van der Waals surface area contributed by atoms with E-state index < -0.39 is 0 Å². The predicted molar refractivity (Wildman–Crippen MR) is 53.5 cm³/mol. The highest BCUT2D eigenvalue weighted by Gasteiger charge is 1.96. The maximum Gasteiger partial charge on any atom is 0.0512 e. The molecule has 1 aromatic heterocycles. The number of hydrogen-bond acceptors (Lipinski definition) is 2. The van der Waals surface area contributed by atoms with Crippen LogP contribution in [0.15, 0.2) is 24.4 Å². The Labute approximate surface area is 79.6 Å². The predicted octanol–water partition coefficient (Wildman–Crippen LogP) is 2.18. The van der Waals surface area contributed by atoms with Crippen molar-refractivity contribution in [2.75, 3.05) is 0 Å². The minimum absolute atomic E-state index is 0.163. The SMILES string of the molecule is C[C@H](O)CCCCc1ccccn1. The fourth-order valence-electron chi connectivity index (χ4n) is 1.29. The van der Waals surface area contributed by atoms with Gasteiger partial charge in [0.25, 0.3) is 0 Å². The molecule has 13 heavy (non-hydrogen) atoms. The third-order valence-corrected chi connectivity index (χ3v) is 2.03. The fraction of sp³-hybridized carbons (Fsp3) is 0.545. The molecule has 0 unspecified atom stereocenters. The van der Waals surface area contributed by atoms with Gasteiger partial charge in [0, 0.05) is 11.9 Å². The van der Waals surface area contributed by atoms with Crippen LogP contribution in [0.5, 0.6) is 0 Å². The van der Waals surface area contributed by atoms with Gasteiger partial charge in [-0.05, 0) is 38.3 Å². The number of aliphatic hydroxyl groups is 1. The summed E-state index contributed by atoms with van der Waals surface area (Å²) in [6.45, 7) is 1.83. The Morgan fingerprint density at radius 1 is 1.38 bits per heavy atom. The van der Waals surface area contributed by atoms with Gasteiger partial charge in [-0.1, -0.05) is 12.5 Å². The lowest BCUT2D eigenvalue weighted by Crippen LogP contribution is -1.99. The van der Waals surface area contributed by atoms with Crippen molar-refractivity contribution in [1.29, 1.82) is 0 Å². The number of rotatable bonds is 5. The number of unbranched alkanes of at least 4 members (excludes halogenated alkanes) is 1. The normalized spacial score (nSPS) is 12.8. The van der Waals surface area contributed by atoms with Crippen molar-refractivity contribution >= 4 is 0 Å². The molecule has 0 saturated heterocycles. The van der Waals surface area contributed by atoms with Crippen LogP contribution in [0.4, 0.5) is 0 Å². The lowest BCUT2D eigenvalue weighted by Gasteiger charge is -2.03. The van der Waals surface area contributed by atoms with Gasteiger partial charge in [0.15, 0.2) is 0 Å². The minimum atomic E-state index is -0.163. The van der Waals surface area contributed by atoms with E-state index in [-0.39, 0.29) is 6.10 Å². The third kappa shape index (κ3) is 4.63. The summed E-state index contributed by atoms with van der Waals surface area (Å²) in [5.74, 6) is 0. The molecule has 0 radical (unpaired) electrons. The number of aryl methyl sites for hydroxylation is 1. The first-order valence-electron chi connectivity index (χ1n) is 4.87. The van der Waals surface area contributed by atoms with Crippen LogP contribution in [0, 0.1) is 0 Å². The molecule has 0 aliphatic carbocycles. The summed E-state index contributed by atoms with van der Waals surface area (Å²) in [5, 5.41) is 9.03. The number of pyridine rings is 1. The second-order valence-electron chi connectivity index (χ2n) is 3.42. The summed E-state index contributed by atoms with van der Waals surface area (Å²) in [4.78, 5) is 4.23. The van der Waals surface area contributed by atoms with Crippen LogP contribution in [-0.4, -0.2) is 16.2 Å². The fourth-order valence-corrected chi connectivity index (χ4v) is 1.29. The molecule has 72 valence electrons. The quantitative estimate of drug-likeness (QED) is 0.703. The van der Waals surface area contributed by atoms with Gasteiger partial charge < -0.3 is 5.11 Å². The largest absolute Gasteiger partial charge is 0.393 e. The van der Waals surface area contributed by atoms with E-state index in [4.69, 9.17) is 5.11 Å². The van der Waals surface area contributed by atoms with Crippen molar-refractivity contribution in [3.63, 3.8) is 0 Å². The number of aromatic nitrogens is 1. The van der Waals surface area contributed by atoms with Gasteiger partial charge in [0.2, 0.25) is 0 Å². The van der Waals surface area contributed by atoms with E-state index in [1.165, 1.54) is 0 Å². The zero-order valence-electron chi connectivity index (χ0n) is 8.11. The average Bonchev–Trinajstić information content (AvgIpc) is 2.14. The molecule has 0 spiro atoms. The third-order valence-electron chi connectivity index (χ3n) is 2.03. The van der Waals surface area contributed by atoms with Crippen molar-refractivity contribution < 1.29 is 5.11 Å². The van der Waals surface area contributed by atoms with Crippen LogP contribution in [0.1, 0.15) is 31.9 Å². The highest BCUT2D eigenvalue weighted by Crippen LogP contribution is 2.05. The van der Waals surface area contributed by atoms with Crippen molar-refractivity contribution in [3.05, 3.63) is 30.1 Å². The molecule has 0 amide bonds. The monoisotopic (exact) mass is 179 g/mol. The Morgan fingerprint density at radius 3 is 2.85 bits per heavy atom. The maximum atomic E-state index is 9.03. The van der Waals surface area contributed by atoms with E-state index in [2.05, 4.69) is 4.98 Å². The van der Waals surface area contributed by atoms with E-state index >= 15 is 0 Å². The molecular weight excluding hydrogens is 162 g/mol. The van der Waals surface area contributed by atoms with Gasteiger partial charge in [0.1, 0.15) is 0 Å². The van der Waals surface area contributed by atoms with Crippen molar-refractivity contribution in [2.45, 2.75) is 38.7 Å². The van der Waals surface area contributed by atoms with Crippen LogP contribution < -0.4 is 0 Å². The summed E-state index contributed by atoms with van der Waals surface area (Å²) >= 11 is 0. The molecule has 0 aliphatic heterocycles. The van der Waals surface area contributed by atoms with E-state index in [0.29, 0.717) is 0 Å². The Morgan fingerprint density at radius 2 is 2.23 bits per heavy atom. The van der Waals surface area contributed by atoms with E-state index in [9.17, 15) is 0 Å². The molecular formula is C11H17NO. The highest BCUT2D eigenvalue weighted by molar-refractivity contribution is 5.03. The Bertz CT molecular complexity index is 221. The first-order valence-corrected chi connectivity index (χ1v) is 4.87. The second-order valence-corrected chi connectivity index (χ2v) is 3.42. The molecule has 0 aliphatic rings. The molecule has 1 N–H and O–H groups in total. The Hall–Kier alpha value is -0.890. The highest BCUT2D eigenvalue weighted by atomic mass is 16.3. The molecule has 0 saturated carbocycles. The molecule has 1 atom stereocenters. The van der Waals surface area contributed by atoms with E-state index in [0.717, 1.165) is 31.4 Å². The molecule has 1 aromatic rings. The lowest BCUT2D eigenvalue weighted by molar-refractivity contribution is 0.180. The standard InChI is InChI=1S/C11H17NO/c1-10(13)6-2-3-7-11-8-4-5-9-12-11/h4-5,8-10,13H,2-3,6-7H2,1H3/t10-/m0/s1. The van der Waals surface area contributed by atoms with Gasteiger partial charge in [0.05, 0.1) is 6.10 Å². The molecule has 1 heterocycles. The summed E-state index contributed by atoms with van der Waals surface area (Å²) < 4.78 is 0. The first-order chi connectivity index (χ1) is 6.29. The summed E-state index contributed by atoms with van der Waals surface area (Å²) in [5.41, 5.74) is 1.15. The van der Waals surface area contributed by atoms with Gasteiger partial charge >= 0.3 is 0 Å². The topological polar surface area (TPSA) is 33.1 Å². The van der Waals surface area contributed by atoms with Gasteiger partial charge in [-0.15, -0.1) is 0 Å². The lowest BCUT2D eigenvalue weighted by atomic mass is 10.1. The number of aliphatic hydroxyl groups excluding tert-OH is 1. The molecule has 0 bridgehead atoms. The first kappa shape index (κ1) is 10.2. The van der Waals surface area contributed by atoms with E-state index in [1.807, 2.05) is 31.3 Å². The Balaban J connectivity index is 2.13. The van der Waals surface area contributed by atoms with Crippen LogP contribution in [0.25, 0.3) is 0 Å². The number of hydrogen-bond donors (Lipinski definition) is 1. The number of nitrogens with zero attached hydrogens (tertiary/aromatic N) is 1. The van der Waals surface area contributed by atoms with Crippen molar-refractivity contribution in [2.24, 2.45) is 0 Å². The summed E-state index contributed by atoms with van der Waals surface area (Å²) in [7, 11) is 0. The second kappa shape index (κ2) is 5.70. The molecule has 2 heteroatoms. The van der Waals surface area contributed by atoms with Gasteiger partial charge in [-0.2, -0.15) is 0 Å². The van der Waals surface area contributed by atoms with Crippen LogP contribution in [0.3, 0.4) is 0 Å². The van der Waals surface area contributed by atoms with Gasteiger partial charge in [-0.25, -0.2) is 0 Å². The zero-order valence-corrected chi connectivity index (χ0v) is 8.11. The van der Waals surface area contributed by atoms with Gasteiger partial charge in [-0.3, -0.25) is 4.98 Å².